The summed E-state index contributed by atoms with van der Waals surface area (Å²) < 4.78 is 0. The summed E-state index contributed by atoms with van der Waals surface area (Å²) in [4.78, 5) is 17.1. The monoisotopic (exact) mass is 300 g/mol. The van der Waals surface area contributed by atoms with Crippen molar-refractivity contribution in [3.8, 4) is 0 Å². The highest BCUT2D eigenvalue weighted by atomic mass is 16.2. The molecule has 0 N–H and O–H groups in total. The summed E-state index contributed by atoms with van der Waals surface area (Å²) in [6, 6.07) is 10.8. The Bertz CT molecular complexity index is 479. The molecule has 1 heterocycles. The van der Waals surface area contributed by atoms with Gasteiger partial charge in [0.2, 0.25) is 5.91 Å². The Labute approximate surface area is 134 Å². The van der Waals surface area contributed by atoms with Crippen LogP contribution in [0.25, 0.3) is 0 Å². The van der Waals surface area contributed by atoms with Crippen molar-refractivity contribution < 1.29 is 4.79 Å². The number of rotatable bonds is 3. The van der Waals surface area contributed by atoms with E-state index < -0.39 is 0 Å². The molecule has 3 rings (SSSR count). The Morgan fingerprint density at radius 1 is 1.09 bits per heavy atom. The molecular weight excluding hydrogens is 272 g/mol. The first-order chi connectivity index (χ1) is 10.7. The second-order valence-electron chi connectivity index (χ2n) is 7.00. The predicted octanol–water partition coefficient (Wildman–Crippen LogP) is 2.95. The van der Waals surface area contributed by atoms with Gasteiger partial charge in [0, 0.05) is 32.2 Å². The Morgan fingerprint density at radius 2 is 1.82 bits per heavy atom. The van der Waals surface area contributed by atoms with Gasteiger partial charge in [0.1, 0.15) is 0 Å². The van der Waals surface area contributed by atoms with Crippen molar-refractivity contribution >= 4 is 5.91 Å². The highest BCUT2D eigenvalue weighted by Gasteiger charge is 2.28. The van der Waals surface area contributed by atoms with Crippen molar-refractivity contribution in [2.75, 3.05) is 26.2 Å². The summed E-state index contributed by atoms with van der Waals surface area (Å²) >= 11 is 0. The zero-order valence-electron chi connectivity index (χ0n) is 13.7. The third kappa shape index (κ3) is 3.89. The van der Waals surface area contributed by atoms with E-state index >= 15 is 0 Å². The molecule has 1 aliphatic carbocycles. The van der Waals surface area contributed by atoms with Gasteiger partial charge < -0.3 is 4.90 Å². The molecule has 0 spiro atoms. The van der Waals surface area contributed by atoms with E-state index in [1.165, 1.54) is 25.7 Å². The van der Waals surface area contributed by atoms with Crippen molar-refractivity contribution in [1.82, 2.24) is 9.80 Å². The molecule has 22 heavy (non-hydrogen) atoms. The van der Waals surface area contributed by atoms with Crippen LogP contribution in [-0.2, 0) is 11.2 Å². The van der Waals surface area contributed by atoms with Crippen LogP contribution in [-0.4, -0.2) is 47.9 Å². The topological polar surface area (TPSA) is 23.6 Å². The minimum absolute atomic E-state index is 0.280. The van der Waals surface area contributed by atoms with Gasteiger partial charge in [-0.2, -0.15) is 0 Å². The maximum absolute atomic E-state index is 12.4. The van der Waals surface area contributed by atoms with E-state index in [1.54, 1.807) is 0 Å². The Balaban J connectivity index is 1.48. The molecule has 0 bridgehead atoms. The third-order valence-electron chi connectivity index (χ3n) is 5.29. The van der Waals surface area contributed by atoms with Gasteiger partial charge in [-0.3, -0.25) is 9.69 Å². The van der Waals surface area contributed by atoms with Crippen LogP contribution in [0.1, 0.15) is 38.2 Å². The largest absolute Gasteiger partial charge is 0.340 e. The number of piperazine rings is 1. The SMILES string of the molecule is C[C@@H]1CCC[C@H](N2CCN(C(=O)Cc3ccccc3)CC2)C1. The molecule has 1 saturated carbocycles. The number of benzene rings is 1. The van der Waals surface area contributed by atoms with Gasteiger partial charge in [-0.1, -0.05) is 50.1 Å². The minimum Gasteiger partial charge on any atom is -0.340 e. The normalized spacial score (nSPS) is 26.9. The molecule has 0 aromatic heterocycles. The van der Waals surface area contributed by atoms with Gasteiger partial charge in [0.15, 0.2) is 0 Å². The van der Waals surface area contributed by atoms with Crippen molar-refractivity contribution in [2.24, 2.45) is 5.92 Å². The van der Waals surface area contributed by atoms with Crippen LogP contribution < -0.4 is 0 Å². The fraction of sp³-hybridized carbons (Fsp3) is 0.632. The van der Waals surface area contributed by atoms with Gasteiger partial charge in [0.05, 0.1) is 6.42 Å². The zero-order chi connectivity index (χ0) is 15.4. The Kier molecular flexibility index (Phi) is 5.14. The minimum atomic E-state index is 0.280. The summed E-state index contributed by atoms with van der Waals surface area (Å²) in [7, 11) is 0. The molecule has 2 atom stereocenters. The molecule has 120 valence electrons. The summed E-state index contributed by atoms with van der Waals surface area (Å²) in [5.41, 5.74) is 1.12. The first-order valence-electron chi connectivity index (χ1n) is 8.78. The summed E-state index contributed by atoms with van der Waals surface area (Å²) in [6.45, 7) is 6.29. The van der Waals surface area contributed by atoms with E-state index in [0.29, 0.717) is 6.42 Å². The van der Waals surface area contributed by atoms with E-state index in [9.17, 15) is 4.79 Å². The molecule has 0 unspecified atom stereocenters. The van der Waals surface area contributed by atoms with E-state index in [1.807, 2.05) is 30.3 Å². The molecule has 3 heteroatoms. The molecule has 2 aliphatic rings. The lowest BCUT2D eigenvalue weighted by atomic mass is 9.86. The third-order valence-corrected chi connectivity index (χ3v) is 5.29. The van der Waals surface area contributed by atoms with Crippen LogP contribution in [0.5, 0.6) is 0 Å². The molecule has 1 aliphatic heterocycles. The highest BCUT2D eigenvalue weighted by molar-refractivity contribution is 5.78. The number of hydrogen-bond acceptors (Lipinski definition) is 2. The molecule has 3 nitrogen and oxygen atoms in total. The van der Waals surface area contributed by atoms with Crippen LogP contribution >= 0.6 is 0 Å². The molecule has 0 radical (unpaired) electrons. The molecule has 1 aromatic carbocycles. The smallest absolute Gasteiger partial charge is 0.227 e. The van der Waals surface area contributed by atoms with Gasteiger partial charge in [-0.25, -0.2) is 0 Å². The van der Waals surface area contributed by atoms with E-state index in [2.05, 4.69) is 16.7 Å². The van der Waals surface area contributed by atoms with Crippen molar-refractivity contribution in [3.63, 3.8) is 0 Å². The predicted molar refractivity (Wildman–Crippen MR) is 89.7 cm³/mol. The van der Waals surface area contributed by atoms with Crippen LogP contribution in [0.2, 0.25) is 0 Å². The fourth-order valence-corrected chi connectivity index (χ4v) is 3.95. The number of nitrogens with zero attached hydrogens (tertiary/aromatic N) is 2. The van der Waals surface area contributed by atoms with E-state index in [-0.39, 0.29) is 5.91 Å². The second-order valence-corrected chi connectivity index (χ2v) is 7.00. The van der Waals surface area contributed by atoms with Crippen LogP contribution in [0.3, 0.4) is 0 Å². The van der Waals surface area contributed by atoms with Gasteiger partial charge in [-0.05, 0) is 24.3 Å². The lowest BCUT2D eigenvalue weighted by Crippen LogP contribution is -2.53. The first kappa shape index (κ1) is 15.5. The standard InChI is InChI=1S/C19H28N2O/c1-16-6-5-9-18(14-16)20-10-12-21(13-11-20)19(22)15-17-7-3-2-4-8-17/h2-4,7-8,16,18H,5-6,9-15H2,1H3/t16-,18+/m1/s1. The van der Waals surface area contributed by atoms with Crippen molar-refractivity contribution in [1.29, 1.82) is 0 Å². The maximum atomic E-state index is 12.4. The Morgan fingerprint density at radius 3 is 2.50 bits per heavy atom. The molecule has 1 aromatic rings. The average Bonchev–Trinajstić information content (AvgIpc) is 2.56. The molecule has 1 amide bonds. The Hall–Kier alpha value is -1.35. The number of hydrogen-bond donors (Lipinski definition) is 0. The fourth-order valence-electron chi connectivity index (χ4n) is 3.95. The van der Waals surface area contributed by atoms with Crippen molar-refractivity contribution in [3.05, 3.63) is 35.9 Å². The number of amides is 1. The maximum Gasteiger partial charge on any atom is 0.227 e. The lowest BCUT2D eigenvalue weighted by Gasteiger charge is -2.42. The van der Waals surface area contributed by atoms with Crippen LogP contribution in [0.4, 0.5) is 0 Å². The first-order valence-corrected chi connectivity index (χ1v) is 8.78. The van der Waals surface area contributed by atoms with E-state index in [0.717, 1.165) is 43.7 Å². The van der Waals surface area contributed by atoms with E-state index in [4.69, 9.17) is 0 Å². The number of carbonyl (C=O) groups excluding carboxylic acids is 1. The molecular formula is C19H28N2O. The zero-order valence-corrected chi connectivity index (χ0v) is 13.7. The summed E-state index contributed by atoms with van der Waals surface area (Å²) in [5, 5.41) is 0. The van der Waals surface area contributed by atoms with Gasteiger partial charge >= 0.3 is 0 Å². The van der Waals surface area contributed by atoms with Crippen molar-refractivity contribution in [2.45, 2.75) is 45.1 Å². The summed E-state index contributed by atoms with van der Waals surface area (Å²) in [5.74, 6) is 1.15. The number of carbonyl (C=O) groups is 1. The van der Waals surface area contributed by atoms with Crippen LogP contribution in [0, 0.1) is 5.92 Å². The van der Waals surface area contributed by atoms with Gasteiger partial charge in [-0.15, -0.1) is 0 Å². The van der Waals surface area contributed by atoms with Crippen LogP contribution in [0.15, 0.2) is 30.3 Å². The average molecular weight is 300 g/mol. The quantitative estimate of drug-likeness (QED) is 0.857. The second kappa shape index (κ2) is 7.28. The summed E-state index contributed by atoms with van der Waals surface area (Å²) in [6.07, 6.45) is 6.01. The highest BCUT2D eigenvalue weighted by Crippen LogP contribution is 2.27. The van der Waals surface area contributed by atoms with Gasteiger partial charge in [0.25, 0.3) is 0 Å². The lowest BCUT2D eigenvalue weighted by molar-refractivity contribution is -0.132. The molecule has 2 fully saturated rings. The molecule has 1 saturated heterocycles.